The summed E-state index contributed by atoms with van der Waals surface area (Å²) in [5.41, 5.74) is 3.24. The van der Waals surface area contributed by atoms with Gasteiger partial charge >= 0.3 is 0 Å². The van der Waals surface area contributed by atoms with Crippen LogP contribution < -0.4 is 0 Å². The minimum Gasteiger partial charge on any atom is -0.379 e. The van der Waals surface area contributed by atoms with Crippen molar-refractivity contribution < 1.29 is 4.74 Å². The van der Waals surface area contributed by atoms with E-state index in [0.29, 0.717) is 23.3 Å². The number of benzene rings is 1. The molecular formula is C22H21Cl2N3O. The van der Waals surface area contributed by atoms with Gasteiger partial charge < -0.3 is 4.74 Å². The van der Waals surface area contributed by atoms with E-state index >= 15 is 0 Å². The summed E-state index contributed by atoms with van der Waals surface area (Å²) in [7, 11) is 0. The third-order valence-corrected chi connectivity index (χ3v) is 5.98. The molecule has 0 bridgehead atoms. The monoisotopic (exact) mass is 413 g/mol. The van der Waals surface area contributed by atoms with E-state index < -0.39 is 0 Å². The fourth-order valence-electron chi connectivity index (χ4n) is 3.87. The molecule has 0 spiro atoms. The Morgan fingerprint density at radius 2 is 1.50 bits per heavy atom. The van der Waals surface area contributed by atoms with Gasteiger partial charge in [0.1, 0.15) is 0 Å². The molecule has 0 amide bonds. The van der Waals surface area contributed by atoms with Crippen LogP contribution in [0.25, 0.3) is 0 Å². The maximum absolute atomic E-state index is 6.71. The topological polar surface area (TPSA) is 38.2 Å². The number of halogens is 2. The highest BCUT2D eigenvalue weighted by Gasteiger charge is 2.34. The molecule has 1 atom stereocenters. The number of hydrogen-bond donors (Lipinski definition) is 0. The zero-order valence-electron chi connectivity index (χ0n) is 15.3. The van der Waals surface area contributed by atoms with Crippen molar-refractivity contribution in [2.75, 3.05) is 26.3 Å². The van der Waals surface area contributed by atoms with Crippen LogP contribution in [0.3, 0.4) is 0 Å². The maximum Gasteiger partial charge on any atom is 0.0640 e. The molecular weight excluding hydrogens is 393 g/mol. The van der Waals surface area contributed by atoms with Crippen LogP contribution in [0.1, 0.15) is 28.7 Å². The van der Waals surface area contributed by atoms with E-state index in [4.69, 9.17) is 27.9 Å². The van der Waals surface area contributed by atoms with E-state index in [9.17, 15) is 0 Å². The summed E-state index contributed by atoms with van der Waals surface area (Å²) in [4.78, 5) is 11.2. The Hall–Kier alpha value is -1.98. The van der Waals surface area contributed by atoms with E-state index in [1.54, 1.807) is 12.4 Å². The molecule has 0 saturated carbocycles. The van der Waals surface area contributed by atoms with Gasteiger partial charge in [-0.3, -0.25) is 14.9 Å². The minimum atomic E-state index is -0.0106. The molecule has 0 aliphatic carbocycles. The van der Waals surface area contributed by atoms with Crippen molar-refractivity contribution in [1.29, 1.82) is 0 Å². The summed E-state index contributed by atoms with van der Waals surface area (Å²) < 4.78 is 5.61. The molecule has 2 aromatic heterocycles. The van der Waals surface area contributed by atoms with Crippen molar-refractivity contribution in [2.45, 2.75) is 12.0 Å². The SMILES string of the molecule is Clc1cccc(C(C(c2cccnc2)c2cccnc2)N2CCOCC2)c1Cl. The van der Waals surface area contributed by atoms with Crippen molar-refractivity contribution in [3.8, 4) is 0 Å². The molecule has 1 unspecified atom stereocenters. The Bertz CT molecular complexity index is 863. The van der Waals surface area contributed by atoms with Crippen molar-refractivity contribution in [2.24, 2.45) is 0 Å². The van der Waals surface area contributed by atoms with Crippen LogP contribution in [0.15, 0.2) is 67.3 Å². The molecule has 144 valence electrons. The molecule has 1 aromatic carbocycles. The minimum absolute atomic E-state index is 0.0106. The standard InChI is InChI=1S/C22H21Cl2N3O/c23-19-7-1-6-18(21(19)24)22(27-10-12-28-13-11-27)20(16-4-2-8-25-14-16)17-5-3-9-26-15-17/h1-9,14-15,20,22H,10-13H2. The van der Waals surface area contributed by atoms with Gasteiger partial charge in [-0.15, -0.1) is 0 Å². The Morgan fingerprint density at radius 3 is 2.07 bits per heavy atom. The summed E-state index contributed by atoms with van der Waals surface area (Å²) in [5.74, 6) is 0.0106. The zero-order valence-corrected chi connectivity index (χ0v) is 16.9. The van der Waals surface area contributed by atoms with Gasteiger partial charge in [-0.25, -0.2) is 0 Å². The molecule has 4 rings (SSSR count). The van der Waals surface area contributed by atoms with Crippen molar-refractivity contribution >= 4 is 23.2 Å². The third kappa shape index (κ3) is 4.06. The van der Waals surface area contributed by atoms with E-state index in [-0.39, 0.29) is 12.0 Å². The number of ether oxygens (including phenoxy) is 1. The first-order valence-electron chi connectivity index (χ1n) is 9.31. The average Bonchev–Trinajstić information content (AvgIpc) is 2.76. The van der Waals surface area contributed by atoms with Crippen LogP contribution >= 0.6 is 23.2 Å². The average molecular weight is 414 g/mol. The molecule has 1 aliphatic rings. The predicted molar refractivity (Wildman–Crippen MR) is 112 cm³/mol. The molecule has 4 nitrogen and oxygen atoms in total. The molecule has 0 radical (unpaired) electrons. The first-order chi connectivity index (χ1) is 13.8. The second kappa shape index (κ2) is 9.01. The van der Waals surface area contributed by atoms with Crippen LogP contribution in [-0.4, -0.2) is 41.2 Å². The van der Waals surface area contributed by atoms with Gasteiger partial charge in [0, 0.05) is 49.8 Å². The number of rotatable bonds is 5. The summed E-state index contributed by atoms with van der Waals surface area (Å²) in [5, 5.41) is 1.16. The van der Waals surface area contributed by atoms with Crippen LogP contribution in [0.2, 0.25) is 10.0 Å². The molecule has 28 heavy (non-hydrogen) atoms. The molecule has 1 saturated heterocycles. The maximum atomic E-state index is 6.71. The third-order valence-electron chi connectivity index (χ3n) is 5.14. The summed E-state index contributed by atoms with van der Waals surface area (Å²) >= 11 is 13.1. The molecule has 6 heteroatoms. The highest BCUT2D eigenvalue weighted by Crippen LogP contribution is 2.44. The largest absolute Gasteiger partial charge is 0.379 e. The Balaban J connectivity index is 1.89. The fourth-order valence-corrected chi connectivity index (χ4v) is 4.29. The molecule has 1 aliphatic heterocycles. The number of hydrogen-bond acceptors (Lipinski definition) is 4. The molecule has 0 N–H and O–H groups in total. The number of morpholine rings is 1. The summed E-state index contributed by atoms with van der Waals surface area (Å²) in [6.45, 7) is 3.04. The van der Waals surface area contributed by atoms with Crippen LogP contribution in [-0.2, 0) is 4.74 Å². The summed E-state index contributed by atoms with van der Waals surface area (Å²) in [6, 6.07) is 14.0. The smallest absolute Gasteiger partial charge is 0.0640 e. The lowest BCUT2D eigenvalue weighted by molar-refractivity contribution is 0.0124. The lowest BCUT2D eigenvalue weighted by Crippen LogP contribution is -2.41. The first-order valence-corrected chi connectivity index (χ1v) is 10.1. The van der Waals surface area contributed by atoms with E-state index in [0.717, 1.165) is 29.8 Å². The Labute approximate surface area is 175 Å². The molecule has 1 fully saturated rings. The van der Waals surface area contributed by atoms with Crippen LogP contribution in [0.4, 0.5) is 0 Å². The van der Waals surface area contributed by atoms with E-state index in [2.05, 4.69) is 33.1 Å². The van der Waals surface area contributed by atoms with Gasteiger partial charge in [0.05, 0.1) is 23.3 Å². The second-order valence-electron chi connectivity index (χ2n) is 6.79. The Morgan fingerprint density at radius 1 is 0.857 bits per heavy atom. The van der Waals surface area contributed by atoms with Gasteiger partial charge in [-0.1, -0.05) is 47.5 Å². The van der Waals surface area contributed by atoms with Crippen molar-refractivity contribution in [1.82, 2.24) is 14.9 Å². The van der Waals surface area contributed by atoms with Gasteiger partial charge in [0.25, 0.3) is 0 Å². The van der Waals surface area contributed by atoms with Gasteiger partial charge in [-0.05, 0) is 34.9 Å². The van der Waals surface area contributed by atoms with Crippen LogP contribution in [0.5, 0.6) is 0 Å². The summed E-state index contributed by atoms with van der Waals surface area (Å²) in [6.07, 6.45) is 7.42. The fraction of sp³-hybridized carbons (Fsp3) is 0.273. The van der Waals surface area contributed by atoms with Crippen molar-refractivity contribution in [3.05, 3.63) is 94.0 Å². The predicted octanol–water partition coefficient (Wildman–Crippen LogP) is 4.99. The molecule has 3 aromatic rings. The lowest BCUT2D eigenvalue weighted by Gasteiger charge is -2.40. The Kier molecular flexibility index (Phi) is 6.23. The lowest BCUT2D eigenvalue weighted by atomic mass is 9.82. The van der Waals surface area contributed by atoms with Gasteiger partial charge in [-0.2, -0.15) is 0 Å². The number of pyridine rings is 2. The van der Waals surface area contributed by atoms with E-state index in [1.165, 1.54) is 0 Å². The first kappa shape index (κ1) is 19.3. The normalized spacial score (nSPS) is 16.2. The van der Waals surface area contributed by atoms with E-state index in [1.807, 2.05) is 36.7 Å². The highest BCUT2D eigenvalue weighted by molar-refractivity contribution is 6.42. The second-order valence-corrected chi connectivity index (χ2v) is 7.57. The zero-order chi connectivity index (χ0) is 19.3. The molecule has 3 heterocycles. The number of nitrogens with zero attached hydrogens (tertiary/aromatic N) is 3. The quantitative estimate of drug-likeness (QED) is 0.590. The van der Waals surface area contributed by atoms with Gasteiger partial charge in [0.2, 0.25) is 0 Å². The van der Waals surface area contributed by atoms with Crippen molar-refractivity contribution in [3.63, 3.8) is 0 Å². The number of aromatic nitrogens is 2. The van der Waals surface area contributed by atoms with Crippen LogP contribution in [0, 0.1) is 0 Å². The highest BCUT2D eigenvalue weighted by atomic mass is 35.5. The van der Waals surface area contributed by atoms with Gasteiger partial charge in [0.15, 0.2) is 0 Å².